The molecule has 0 unspecified atom stereocenters. The minimum absolute atomic E-state index is 0.0721. The molecule has 0 radical (unpaired) electrons. The second kappa shape index (κ2) is 22.5. The molecule has 74 heavy (non-hydrogen) atoms. The van der Waals surface area contributed by atoms with Gasteiger partial charge in [0.15, 0.2) is 0 Å². The monoisotopic (exact) mass is 1080 g/mol. The van der Waals surface area contributed by atoms with Crippen molar-refractivity contribution in [2.24, 2.45) is 46.3 Å². The van der Waals surface area contributed by atoms with Crippen molar-refractivity contribution in [1.82, 2.24) is 0 Å². The second-order valence-electron chi connectivity index (χ2n) is 23.7. The van der Waals surface area contributed by atoms with Gasteiger partial charge in [0, 0.05) is 0 Å². The summed E-state index contributed by atoms with van der Waals surface area (Å²) in [5, 5.41) is 39.3. The van der Waals surface area contributed by atoms with Crippen LogP contribution in [0.25, 0.3) is 0 Å². The number of halogens is 12. The van der Waals surface area contributed by atoms with Crippen LogP contribution in [0.4, 0.5) is 52.7 Å². The fourth-order valence-electron chi connectivity index (χ4n) is 15.2. The molecule has 12 atom stereocenters. The Bertz CT molecular complexity index is 1900. The molecule has 6 aliphatic carbocycles. The van der Waals surface area contributed by atoms with E-state index in [0.717, 1.165) is 101 Å². The van der Waals surface area contributed by atoms with E-state index < -0.39 is 48.7 Å². The van der Waals surface area contributed by atoms with Gasteiger partial charge < -0.3 is 20.4 Å². The fraction of sp³-hybridized carbons (Fsp3) is 0.852. The summed E-state index contributed by atoms with van der Waals surface area (Å²) in [4.78, 5) is 22.0. The molecule has 8 rings (SSSR count). The highest BCUT2D eigenvalue weighted by molar-refractivity contribution is 5.33. The molecule has 8 nitrogen and oxygen atoms in total. The molecule has 0 saturated heterocycles. The molecule has 4 N–H and O–H groups in total. The van der Waals surface area contributed by atoms with Crippen LogP contribution in [-0.4, -0.2) is 94.0 Å². The predicted molar refractivity (Wildman–Crippen MR) is 248 cm³/mol. The highest BCUT2D eigenvalue weighted by Gasteiger charge is 2.71. The van der Waals surface area contributed by atoms with E-state index in [4.69, 9.17) is 19.6 Å². The zero-order valence-electron chi connectivity index (χ0n) is 42.9. The molecule has 4 fully saturated rings. The van der Waals surface area contributed by atoms with Crippen molar-refractivity contribution in [2.75, 3.05) is 13.2 Å². The molecule has 2 heterocycles. The highest BCUT2D eigenvalue weighted by atomic mass is 19.4. The maximum absolute atomic E-state index is 13.1. The zero-order chi connectivity index (χ0) is 54.5. The second-order valence-corrected chi connectivity index (χ2v) is 23.7. The van der Waals surface area contributed by atoms with Gasteiger partial charge in [0.25, 0.3) is 11.2 Å². The number of aliphatic hydroxyl groups excluding tert-OH is 2. The summed E-state index contributed by atoms with van der Waals surface area (Å²) in [5.41, 5.74) is -2.46. The largest absolute Gasteiger partial charge is 0.426 e. The Morgan fingerprint density at radius 1 is 0.541 bits per heavy atom. The molecule has 8 aliphatic rings. The van der Waals surface area contributed by atoms with Crippen molar-refractivity contribution in [3.8, 4) is 0 Å². The fourth-order valence-corrected chi connectivity index (χ4v) is 15.2. The topological polar surface area (TPSA) is 118 Å². The van der Waals surface area contributed by atoms with E-state index in [2.05, 4.69) is 26.0 Å². The number of allylic oxidation sites excluding steroid dienone is 2. The normalized spacial score (nSPS) is 35.5. The van der Waals surface area contributed by atoms with Crippen molar-refractivity contribution in [2.45, 2.75) is 229 Å². The first-order chi connectivity index (χ1) is 34.3. The average Bonchev–Trinajstić information content (AvgIpc) is 3.85. The molecular formula is C54H76F12O8. The summed E-state index contributed by atoms with van der Waals surface area (Å²) < 4.78 is 157. The summed E-state index contributed by atoms with van der Waals surface area (Å²) >= 11 is 0. The molecule has 4 saturated carbocycles. The molecule has 2 aliphatic heterocycles. The van der Waals surface area contributed by atoms with Gasteiger partial charge in [-0.25, -0.2) is 19.6 Å². The van der Waals surface area contributed by atoms with Crippen LogP contribution < -0.4 is 0 Å². The van der Waals surface area contributed by atoms with Crippen molar-refractivity contribution in [3.63, 3.8) is 0 Å². The van der Waals surface area contributed by atoms with Gasteiger partial charge in [-0.1, -0.05) is 51.7 Å². The van der Waals surface area contributed by atoms with Crippen LogP contribution in [-0.2, 0) is 19.6 Å². The van der Waals surface area contributed by atoms with Crippen molar-refractivity contribution in [1.29, 1.82) is 0 Å². The van der Waals surface area contributed by atoms with E-state index in [1.165, 1.54) is 22.3 Å². The third kappa shape index (κ3) is 12.0. The maximum atomic E-state index is 13.1. The lowest BCUT2D eigenvalue weighted by atomic mass is 9.60. The van der Waals surface area contributed by atoms with Crippen molar-refractivity contribution < 1.29 is 92.7 Å². The summed E-state index contributed by atoms with van der Waals surface area (Å²) in [6.07, 6.45) is -10.0. The van der Waals surface area contributed by atoms with Crippen LogP contribution in [0.5, 0.6) is 0 Å². The summed E-state index contributed by atoms with van der Waals surface area (Å²) in [6.45, 7) is 9.06. The Kier molecular flexibility index (Phi) is 18.1. The van der Waals surface area contributed by atoms with E-state index in [1.54, 1.807) is 0 Å². The lowest BCUT2D eigenvalue weighted by molar-refractivity contribution is -0.370. The first kappa shape index (κ1) is 59.5. The molecule has 0 bridgehead atoms. The summed E-state index contributed by atoms with van der Waals surface area (Å²) in [6, 6.07) is 0. The lowest BCUT2D eigenvalue weighted by Gasteiger charge is -2.45. The Morgan fingerprint density at radius 2 is 0.892 bits per heavy atom. The SMILES string of the molecule is C[C@H](CCCC(O)(C(F)(F)F)C(F)(F)F)[C@H]1CC[C@H]2/C(=C/[C@@H]3OOCC4=C3C[C@@H](O)CC4)CCC[C@]12C.C[C@H](CCCC(O)(C(F)(F)F)C(F)(F)F)[C@H]1CC[C@H]2/C(=C/[C@H]3OOCC4=C3C[C@@H](O)CC4)CCC[C@]12C. The molecule has 0 spiro atoms. The number of hydrogen-bond donors (Lipinski definition) is 4. The Balaban J connectivity index is 0.000000216. The highest BCUT2D eigenvalue weighted by Crippen LogP contribution is 2.62. The van der Waals surface area contributed by atoms with Gasteiger partial charge >= 0.3 is 24.7 Å². The van der Waals surface area contributed by atoms with Crippen LogP contribution in [0.3, 0.4) is 0 Å². The van der Waals surface area contributed by atoms with E-state index in [-0.39, 0.29) is 96.4 Å². The summed E-state index contributed by atoms with van der Waals surface area (Å²) in [5.74, 6) is 0.717. The van der Waals surface area contributed by atoms with Gasteiger partial charge in [0.1, 0.15) is 25.4 Å². The molecule has 0 aromatic rings. The predicted octanol–water partition coefficient (Wildman–Crippen LogP) is 13.9. The number of hydrogen-bond acceptors (Lipinski definition) is 8. The van der Waals surface area contributed by atoms with Crippen LogP contribution >= 0.6 is 0 Å². The van der Waals surface area contributed by atoms with Crippen LogP contribution in [0.1, 0.15) is 169 Å². The molecule has 424 valence electrons. The Hall–Kier alpha value is -2.20. The van der Waals surface area contributed by atoms with Gasteiger partial charge in [-0.3, -0.25) is 0 Å². The van der Waals surface area contributed by atoms with Gasteiger partial charge in [-0.05, 0) is 209 Å². The number of rotatable bonds is 12. The van der Waals surface area contributed by atoms with E-state index in [1.807, 2.05) is 13.8 Å². The van der Waals surface area contributed by atoms with Gasteiger partial charge in [-0.2, -0.15) is 52.7 Å². The minimum atomic E-state index is -5.77. The van der Waals surface area contributed by atoms with Crippen LogP contribution in [0, 0.1) is 46.3 Å². The van der Waals surface area contributed by atoms with Gasteiger partial charge in [0.05, 0.1) is 12.2 Å². The smallest absolute Gasteiger partial charge is 0.393 e. The standard InChI is InChI=1S/2C27H38F6O4/c2*1-16(5-3-12-25(35,26(28,29)30)27(31,32)33)21-9-10-22-17(6-4-11-24(21,22)2)13-23-20-14-19(34)8-7-18(20)15-36-37-23/h2*13,16,19,21-23,34-35H,3-12,14-15H2,1-2H3/b2*17-13+/t16-,19+,21-,22+,23+,24-;16-,19+,21-,22+,23-,24-/m11/s1. The third-order valence-corrected chi connectivity index (χ3v) is 19.3. The summed E-state index contributed by atoms with van der Waals surface area (Å²) in [7, 11) is 0. The maximum Gasteiger partial charge on any atom is 0.426 e. The van der Waals surface area contributed by atoms with Gasteiger partial charge in [0.2, 0.25) is 0 Å². The van der Waals surface area contributed by atoms with Crippen LogP contribution in [0.2, 0.25) is 0 Å². The Morgan fingerprint density at radius 3 is 1.23 bits per heavy atom. The lowest BCUT2D eigenvalue weighted by Crippen LogP contribution is -2.56. The zero-order valence-corrected chi connectivity index (χ0v) is 42.9. The first-order valence-electron chi connectivity index (χ1n) is 26.8. The molecule has 0 amide bonds. The first-order valence-corrected chi connectivity index (χ1v) is 26.8. The van der Waals surface area contributed by atoms with Crippen molar-refractivity contribution >= 4 is 0 Å². The number of aliphatic hydroxyl groups is 4. The van der Waals surface area contributed by atoms with E-state index in [9.17, 15) is 73.1 Å². The average molecular weight is 1080 g/mol. The van der Waals surface area contributed by atoms with Crippen LogP contribution in [0.15, 0.2) is 45.6 Å². The molecular weight excluding hydrogens is 1000 g/mol. The van der Waals surface area contributed by atoms with E-state index >= 15 is 0 Å². The Labute approximate surface area is 426 Å². The van der Waals surface area contributed by atoms with E-state index in [0.29, 0.717) is 26.1 Å². The van der Waals surface area contributed by atoms with Gasteiger partial charge in [-0.15, -0.1) is 0 Å². The molecule has 20 heteroatoms. The minimum Gasteiger partial charge on any atom is -0.393 e. The number of fused-ring (bicyclic) bond motifs is 2. The van der Waals surface area contributed by atoms with Crippen molar-refractivity contribution in [3.05, 3.63) is 45.6 Å². The quantitative estimate of drug-likeness (QED) is 0.0867. The molecule has 0 aromatic heterocycles. The third-order valence-electron chi connectivity index (χ3n) is 19.3. The molecule has 0 aromatic carbocycles. The number of alkyl halides is 12.